The molecule has 2 N–H and O–H groups in total. The van der Waals surface area contributed by atoms with Gasteiger partial charge in [-0.3, -0.25) is 0 Å². The van der Waals surface area contributed by atoms with Gasteiger partial charge in [-0.05, 0) is 93.0 Å². The SMILES string of the molecule is C=C(C)C(=O)OCCCc1cc2c(c(CCCOC(O)C(=C)C)c1)OC(O)C(c1ccc(OC(=O)C(=C)C)cc1)=C2. The summed E-state index contributed by atoms with van der Waals surface area (Å²) in [4.78, 5) is 23.5. The molecule has 0 amide bonds. The number of aliphatic hydroxyl groups is 2. The predicted molar refractivity (Wildman–Crippen MR) is 157 cm³/mol. The largest absolute Gasteiger partial charge is 0.462 e. The summed E-state index contributed by atoms with van der Waals surface area (Å²) >= 11 is 0. The summed E-state index contributed by atoms with van der Waals surface area (Å²) in [6.45, 7) is 16.3. The number of esters is 2. The van der Waals surface area contributed by atoms with Gasteiger partial charge in [0.15, 0.2) is 6.29 Å². The van der Waals surface area contributed by atoms with Crippen LogP contribution < -0.4 is 9.47 Å². The Bertz CT molecular complexity index is 1340. The van der Waals surface area contributed by atoms with Crippen molar-refractivity contribution in [3.63, 3.8) is 0 Å². The van der Waals surface area contributed by atoms with Gasteiger partial charge >= 0.3 is 11.9 Å². The molecule has 0 aliphatic carbocycles. The lowest BCUT2D eigenvalue weighted by Gasteiger charge is -2.26. The lowest BCUT2D eigenvalue weighted by Crippen LogP contribution is -2.22. The highest BCUT2D eigenvalue weighted by Gasteiger charge is 2.25. The Balaban J connectivity index is 1.83. The van der Waals surface area contributed by atoms with Gasteiger partial charge < -0.3 is 29.2 Å². The predicted octanol–water partition coefficient (Wildman–Crippen LogP) is 5.32. The van der Waals surface area contributed by atoms with E-state index in [0.717, 1.165) is 16.7 Å². The fraction of sp³-hybridized carbons (Fsp3) is 0.333. The van der Waals surface area contributed by atoms with Crippen LogP contribution in [-0.2, 0) is 31.9 Å². The number of rotatable bonds is 14. The quantitative estimate of drug-likeness (QED) is 0.0795. The third kappa shape index (κ3) is 9.01. The van der Waals surface area contributed by atoms with E-state index in [0.29, 0.717) is 71.6 Å². The zero-order chi connectivity index (χ0) is 30.1. The molecule has 1 aliphatic rings. The van der Waals surface area contributed by atoms with E-state index in [1.54, 1.807) is 45.0 Å². The van der Waals surface area contributed by atoms with Gasteiger partial charge in [-0.25, -0.2) is 9.59 Å². The monoisotopic (exact) mass is 562 g/mol. The first-order valence-corrected chi connectivity index (χ1v) is 13.4. The molecular formula is C33H38O8. The zero-order valence-electron chi connectivity index (χ0n) is 23.9. The molecule has 2 aromatic rings. The Morgan fingerprint density at radius 1 is 0.951 bits per heavy atom. The van der Waals surface area contributed by atoms with Gasteiger partial charge in [-0.2, -0.15) is 0 Å². The van der Waals surface area contributed by atoms with Crippen molar-refractivity contribution in [1.29, 1.82) is 0 Å². The van der Waals surface area contributed by atoms with Crippen LogP contribution in [0.2, 0.25) is 0 Å². The minimum absolute atomic E-state index is 0.267. The summed E-state index contributed by atoms with van der Waals surface area (Å²) in [6.07, 6.45) is 2.13. The van der Waals surface area contributed by atoms with Gasteiger partial charge in [-0.1, -0.05) is 37.9 Å². The van der Waals surface area contributed by atoms with Gasteiger partial charge in [0, 0.05) is 22.3 Å². The van der Waals surface area contributed by atoms with Gasteiger partial charge in [-0.15, -0.1) is 0 Å². The summed E-state index contributed by atoms with van der Waals surface area (Å²) < 4.78 is 21.9. The minimum atomic E-state index is -1.21. The van der Waals surface area contributed by atoms with Crippen LogP contribution in [0.15, 0.2) is 72.9 Å². The molecule has 0 spiro atoms. The van der Waals surface area contributed by atoms with E-state index in [-0.39, 0.29) is 6.61 Å². The summed E-state index contributed by atoms with van der Waals surface area (Å²) in [7, 11) is 0. The van der Waals surface area contributed by atoms with E-state index >= 15 is 0 Å². The molecule has 0 fully saturated rings. The maximum absolute atomic E-state index is 11.8. The zero-order valence-corrected chi connectivity index (χ0v) is 23.9. The molecule has 0 aromatic heterocycles. The van der Waals surface area contributed by atoms with Crippen molar-refractivity contribution in [1.82, 2.24) is 0 Å². The molecular weight excluding hydrogens is 524 g/mol. The van der Waals surface area contributed by atoms with Gasteiger partial charge in [0.05, 0.1) is 13.2 Å². The molecule has 8 heteroatoms. The Labute approximate surface area is 241 Å². The normalized spacial score (nSPS) is 14.7. The average molecular weight is 563 g/mol. The third-order valence-corrected chi connectivity index (χ3v) is 6.29. The van der Waals surface area contributed by atoms with E-state index in [1.807, 2.05) is 18.2 Å². The highest BCUT2D eigenvalue weighted by Crippen LogP contribution is 2.38. The molecule has 3 rings (SSSR count). The van der Waals surface area contributed by atoms with Crippen LogP contribution in [0.5, 0.6) is 11.5 Å². The molecule has 0 saturated carbocycles. The van der Waals surface area contributed by atoms with Crippen molar-refractivity contribution in [2.75, 3.05) is 13.2 Å². The second-order valence-electron chi connectivity index (χ2n) is 10.1. The first kappa shape index (κ1) is 31.5. The van der Waals surface area contributed by atoms with Crippen molar-refractivity contribution in [2.24, 2.45) is 0 Å². The molecule has 2 aromatic carbocycles. The molecule has 1 heterocycles. The summed E-state index contributed by atoms with van der Waals surface area (Å²) in [5, 5.41) is 20.8. The fourth-order valence-corrected chi connectivity index (χ4v) is 4.08. The van der Waals surface area contributed by atoms with E-state index < -0.39 is 24.5 Å². The number of aliphatic hydroxyl groups excluding tert-OH is 2. The van der Waals surface area contributed by atoms with E-state index in [9.17, 15) is 19.8 Å². The Morgan fingerprint density at radius 2 is 1.61 bits per heavy atom. The second-order valence-corrected chi connectivity index (χ2v) is 10.1. The second kappa shape index (κ2) is 14.6. The Kier molecular flexibility index (Phi) is 11.2. The molecule has 0 bridgehead atoms. The van der Waals surface area contributed by atoms with Crippen molar-refractivity contribution in [3.05, 3.63) is 95.1 Å². The number of fused-ring (bicyclic) bond motifs is 1. The van der Waals surface area contributed by atoms with E-state index in [4.69, 9.17) is 18.9 Å². The third-order valence-electron chi connectivity index (χ3n) is 6.29. The summed E-state index contributed by atoms with van der Waals surface area (Å²) in [5.41, 5.74) is 5.16. The van der Waals surface area contributed by atoms with Crippen LogP contribution in [0.1, 0.15) is 55.9 Å². The number of ether oxygens (including phenoxy) is 4. The van der Waals surface area contributed by atoms with Gasteiger partial charge in [0.2, 0.25) is 6.29 Å². The highest BCUT2D eigenvalue weighted by atomic mass is 16.6. The van der Waals surface area contributed by atoms with Gasteiger partial charge in [0.1, 0.15) is 11.5 Å². The lowest BCUT2D eigenvalue weighted by molar-refractivity contribution is -0.139. The maximum Gasteiger partial charge on any atom is 0.338 e. The average Bonchev–Trinajstić information content (AvgIpc) is 2.93. The molecule has 2 atom stereocenters. The first-order chi connectivity index (χ1) is 19.5. The maximum atomic E-state index is 11.8. The number of hydrogen-bond acceptors (Lipinski definition) is 8. The minimum Gasteiger partial charge on any atom is -0.462 e. The lowest BCUT2D eigenvalue weighted by atomic mass is 9.93. The first-order valence-electron chi connectivity index (χ1n) is 13.4. The highest BCUT2D eigenvalue weighted by molar-refractivity contribution is 5.89. The smallest absolute Gasteiger partial charge is 0.338 e. The molecule has 0 radical (unpaired) electrons. The molecule has 41 heavy (non-hydrogen) atoms. The molecule has 1 aliphatic heterocycles. The van der Waals surface area contributed by atoms with Gasteiger partial charge in [0.25, 0.3) is 0 Å². The molecule has 8 nitrogen and oxygen atoms in total. The van der Waals surface area contributed by atoms with Crippen molar-refractivity contribution < 1.29 is 38.7 Å². The topological polar surface area (TPSA) is 112 Å². The number of aryl methyl sites for hydroxylation is 2. The standard InChI is InChI=1S/C33H38O8/c1-20(2)30(34)38-15-7-9-23-17-25(10-8-16-39-31(35)21(3)4)29-26(18-23)19-28(33(37)41-29)24-11-13-27(14-12-24)40-32(36)22(5)6/h11-14,17-19,31,33,35,37H,1,3,5,7-10,15-16H2,2,4,6H3. The van der Waals surface area contributed by atoms with E-state index in [1.165, 1.54) is 0 Å². The van der Waals surface area contributed by atoms with Crippen LogP contribution in [0, 0.1) is 0 Å². The Morgan fingerprint density at radius 3 is 2.24 bits per heavy atom. The van der Waals surface area contributed by atoms with Crippen molar-refractivity contribution in [3.8, 4) is 11.5 Å². The van der Waals surface area contributed by atoms with Crippen LogP contribution >= 0.6 is 0 Å². The summed E-state index contributed by atoms with van der Waals surface area (Å²) in [5.74, 6) is 0.0143. The number of hydrogen-bond donors (Lipinski definition) is 2. The Hall–Kier alpha value is -3.98. The van der Waals surface area contributed by atoms with Crippen LogP contribution in [0.4, 0.5) is 0 Å². The van der Waals surface area contributed by atoms with Crippen LogP contribution in [0.3, 0.4) is 0 Å². The number of carbonyl (C=O) groups excluding carboxylic acids is 2. The van der Waals surface area contributed by atoms with E-state index in [2.05, 4.69) is 19.7 Å². The molecule has 2 unspecified atom stereocenters. The fourth-order valence-electron chi connectivity index (χ4n) is 4.08. The summed E-state index contributed by atoms with van der Waals surface area (Å²) in [6, 6.07) is 10.8. The van der Waals surface area contributed by atoms with Crippen molar-refractivity contribution in [2.45, 2.75) is 59.0 Å². The van der Waals surface area contributed by atoms with Crippen LogP contribution in [0.25, 0.3) is 11.6 Å². The number of benzene rings is 2. The number of carbonyl (C=O) groups is 2. The van der Waals surface area contributed by atoms with Crippen molar-refractivity contribution >= 4 is 23.6 Å². The molecule has 218 valence electrons. The molecule has 0 saturated heterocycles. The van der Waals surface area contributed by atoms with Crippen LogP contribution in [-0.4, -0.2) is 47.9 Å².